The zero-order valence-electron chi connectivity index (χ0n) is 4.15. The van der Waals surface area contributed by atoms with Crippen molar-refractivity contribution in [3.05, 3.63) is 6.54 Å². The molecule has 1 unspecified atom stereocenters. The number of halogens is 1. The first kappa shape index (κ1) is 5.57. The van der Waals surface area contributed by atoms with Gasteiger partial charge in [0.1, 0.15) is 0 Å². The van der Waals surface area contributed by atoms with Crippen LogP contribution in [0, 0.1) is 6.54 Å². The van der Waals surface area contributed by atoms with Gasteiger partial charge in [0.05, 0.1) is 0 Å². The second kappa shape index (κ2) is 2.68. The fourth-order valence-corrected chi connectivity index (χ4v) is 1.09. The minimum absolute atomic E-state index is 0.730. The SMILES string of the molecule is BrC1C[CH]NCC1. The Balaban J connectivity index is 2.12. The number of nitrogens with one attached hydrogen (secondary N) is 1. The van der Waals surface area contributed by atoms with Crippen molar-refractivity contribution in [1.29, 1.82) is 0 Å². The summed E-state index contributed by atoms with van der Waals surface area (Å²) < 4.78 is 0. The number of hydrogen-bond donors (Lipinski definition) is 1. The molecule has 1 heterocycles. The Kier molecular flexibility index (Phi) is 2.13. The fourth-order valence-electron chi connectivity index (χ4n) is 0.671. The summed E-state index contributed by atoms with van der Waals surface area (Å²) in [5, 5.41) is 3.16. The van der Waals surface area contributed by atoms with E-state index in [1.165, 1.54) is 12.8 Å². The van der Waals surface area contributed by atoms with E-state index in [1.807, 2.05) is 0 Å². The van der Waals surface area contributed by atoms with Crippen LogP contribution >= 0.6 is 15.9 Å². The Labute approximate surface area is 52.6 Å². The normalized spacial score (nSPS) is 25.3. The highest BCUT2D eigenvalue weighted by molar-refractivity contribution is 9.09. The van der Waals surface area contributed by atoms with Gasteiger partial charge in [-0.05, 0) is 19.4 Å². The van der Waals surface area contributed by atoms with Crippen molar-refractivity contribution in [2.75, 3.05) is 6.54 Å². The lowest BCUT2D eigenvalue weighted by molar-refractivity contribution is 0.599. The van der Waals surface area contributed by atoms with Crippen LogP contribution in [0.25, 0.3) is 0 Å². The predicted octanol–water partition coefficient (Wildman–Crippen LogP) is 1.30. The molecule has 0 aromatic rings. The van der Waals surface area contributed by atoms with Gasteiger partial charge in [-0.15, -0.1) is 0 Å². The third-order valence-corrected chi connectivity index (χ3v) is 1.95. The van der Waals surface area contributed by atoms with Crippen molar-refractivity contribution in [2.45, 2.75) is 17.7 Å². The van der Waals surface area contributed by atoms with Crippen molar-refractivity contribution >= 4 is 15.9 Å². The Hall–Kier alpha value is 0.440. The zero-order chi connectivity index (χ0) is 5.11. The standard InChI is InChI=1S/C5H9BrN/c6-5-1-3-7-4-2-5/h3,5,7H,1-2,4H2. The third-order valence-electron chi connectivity index (χ3n) is 1.12. The third kappa shape index (κ3) is 1.78. The number of hydrogen-bond acceptors (Lipinski definition) is 1. The molecule has 0 amide bonds. The van der Waals surface area contributed by atoms with Crippen LogP contribution in [0.15, 0.2) is 0 Å². The summed E-state index contributed by atoms with van der Waals surface area (Å²) in [5.74, 6) is 0. The Bertz CT molecular complexity index is 50.0. The molecule has 0 saturated carbocycles. The quantitative estimate of drug-likeness (QED) is 0.530. The summed E-state index contributed by atoms with van der Waals surface area (Å²) in [4.78, 5) is 0.730. The first-order chi connectivity index (χ1) is 3.39. The zero-order valence-corrected chi connectivity index (χ0v) is 5.74. The summed E-state index contributed by atoms with van der Waals surface area (Å²) in [6, 6.07) is 0. The molecule has 1 fully saturated rings. The Morgan fingerprint density at radius 3 is 2.86 bits per heavy atom. The minimum atomic E-state index is 0.730. The van der Waals surface area contributed by atoms with Crippen molar-refractivity contribution in [2.24, 2.45) is 0 Å². The van der Waals surface area contributed by atoms with E-state index in [0.717, 1.165) is 11.4 Å². The summed E-state index contributed by atoms with van der Waals surface area (Å²) in [6.45, 7) is 3.25. The molecule has 0 aliphatic carbocycles. The van der Waals surface area contributed by atoms with E-state index in [4.69, 9.17) is 0 Å². The van der Waals surface area contributed by atoms with E-state index < -0.39 is 0 Å². The maximum atomic E-state index is 3.52. The highest BCUT2D eigenvalue weighted by atomic mass is 79.9. The molecule has 0 aromatic carbocycles. The largest absolute Gasteiger partial charge is 0.312 e. The van der Waals surface area contributed by atoms with Crippen LogP contribution in [-0.4, -0.2) is 11.4 Å². The van der Waals surface area contributed by atoms with Crippen LogP contribution < -0.4 is 5.32 Å². The first-order valence-electron chi connectivity index (χ1n) is 2.59. The molecule has 1 rings (SSSR count). The molecule has 0 aromatic heterocycles. The van der Waals surface area contributed by atoms with E-state index in [0.29, 0.717) is 0 Å². The van der Waals surface area contributed by atoms with Crippen molar-refractivity contribution in [3.8, 4) is 0 Å². The summed E-state index contributed by atoms with van der Waals surface area (Å²) >= 11 is 3.52. The van der Waals surface area contributed by atoms with Crippen LogP contribution in [0.1, 0.15) is 12.8 Å². The van der Waals surface area contributed by atoms with E-state index in [-0.39, 0.29) is 0 Å². The fraction of sp³-hybridized carbons (Fsp3) is 0.800. The molecular weight excluding hydrogens is 154 g/mol. The minimum Gasteiger partial charge on any atom is -0.312 e. The molecule has 1 N–H and O–H groups in total. The highest BCUT2D eigenvalue weighted by Gasteiger charge is 2.07. The monoisotopic (exact) mass is 162 g/mol. The maximum Gasteiger partial charge on any atom is 0.0232 e. The van der Waals surface area contributed by atoms with Gasteiger partial charge in [-0.3, -0.25) is 0 Å². The van der Waals surface area contributed by atoms with Gasteiger partial charge in [0.2, 0.25) is 0 Å². The topological polar surface area (TPSA) is 12.0 Å². The first-order valence-corrected chi connectivity index (χ1v) is 3.50. The van der Waals surface area contributed by atoms with Gasteiger partial charge < -0.3 is 5.32 Å². The molecule has 7 heavy (non-hydrogen) atoms. The molecule has 1 atom stereocenters. The number of alkyl halides is 1. The number of rotatable bonds is 0. The second-order valence-corrected chi connectivity index (χ2v) is 3.07. The van der Waals surface area contributed by atoms with Gasteiger partial charge in [-0.2, -0.15) is 0 Å². The Morgan fingerprint density at radius 2 is 2.57 bits per heavy atom. The van der Waals surface area contributed by atoms with Crippen molar-refractivity contribution in [1.82, 2.24) is 5.32 Å². The molecule has 0 bridgehead atoms. The average Bonchev–Trinajstić information content (AvgIpc) is 1.69. The van der Waals surface area contributed by atoms with Gasteiger partial charge in [0.15, 0.2) is 0 Å². The number of piperidine rings is 1. The van der Waals surface area contributed by atoms with Gasteiger partial charge in [0.25, 0.3) is 0 Å². The lowest BCUT2D eigenvalue weighted by Gasteiger charge is -2.15. The molecule has 1 aliphatic rings. The average molecular weight is 163 g/mol. The van der Waals surface area contributed by atoms with Gasteiger partial charge in [-0.25, -0.2) is 0 Å². The van der Waals surface area contributed by atoms with Crippen LogP contribution in [-0.2, 0) is 0 Å². The summed E-state index contributed by atoms with van der Waals surface area (Å²) in [5.41, 5.74) is 0. The van der Waals surface area contributed by atoms with Crippen LogP contribution in [0.3, 0.4) is 0 Å². The lowest BCUT2D eigenvalue weighted by atomic mass is 10.2. The van der Waals surface area contributed by atoms with Crippen LogP contribution in [0.2, 0.25) is 0 Å². The predicted molar refractivity (Wildman–Crippen MR) is 34.3 cm³/mol. The van der Waals surface area contributed by atoms with E-state index in [9.17, 15) is 0 Å². The lowest BCUT2D eigenvalue weighted by Crippen LogP contribution is -2.23. The molecule has 1 nitrogen and oxygen atoms in total. The van der Waals surface area contributed by atoms with Gasteiger partial charge >= 0.3 is 0 Å². The molecule has 0 spiro atoms. The molecule has 1 aliphatic heterocycles. The maximum absolute atomic E-state index is 3.52. The van der Waals surface area contributed by atoms with Gasteiger partial charge in [-0.1, -0.05) is 15.9 Å². The van der Waals surface area contributed by atoms with Crippen LogP contribution in [0.5, 0.6) is 0 Å². The molecule has 41 valence electrons. The van der Waals surface area contributed by atoms with Crippen LogP contribution in [0.4, 0.5) is 0 Å². The molecule has 1 radical (unpaired) electrons. The second-order valence-electron chi connectivity index (χ2n) is 1.78. The molecule has 2 heteroatoms. The summed E-state index contributed by atoms with van der Waals surface area (Å²) in [6.07, 6.45) is 2.43. The Morgan fingerprint density at radius 1 is 1.71 bits per heavy atom. The van der Waals surface area contributed by atoms with E-state index in [2.05, 4.69) is 27.8 Å². The smallest absolute Gasteiger partial charge is 0.0232 e. The van der Waals surface area contributed by atoms with Crippen molar-refractivity contribution in [3.63, 3.8) is 0 Å². The van der Waals surface area contributed by atoms with E-state index in [1.54, 1.807) is 0 Å². The highest BCUT2D eigenvalue weighted by Crippen LogP contribution is 2.13. The summed E-state index contributed by atoms with van der Waals surface area (Å²) in [7, 11) is 0. The van der Waals surface area contributed by atoms with Crippen molar-refractivity contribution < 1.29 is 0 Å². The van der Waals surface area contributed by atoms with E-state index >= 15 is 0 Å². The molecular formula is C5H9BrN. The van der Waals surface area contributed by atoms with Gasteiger partial charge in [0, 0.05) is 11.4 Å². The molecule has 1 saturated heterocycles.